The van der Waals surface area contributed by atoms with E-state index in [2.05, 4.69) is 4.72 Å². The first-order valence-electron chi connectivity index (χ1n) is 8.43. The van der Waals surface area contributed by atoms with E-state index < -0.39 is 46.0 Å². The molecule has 1 unspecified atom stereocenters. The summed E-state index contributed by atoms with van der Waals surface area (Å²) in [5.41, 5.74) is 0.401. The molecule has 0 fully saturated rings. The summed E-state index contributed by atoms with van der Waals surface area (Å²) in [7, 11) is -4.13. The number of carboxylic acid groups (broad SMARTS) is 1. The van der Waals surface area contributed by atoms with E-state index in [1.165, 1.54) is 18.2 Å². The fourth-order valence-electron chi connectivity index (χ4n) is 3.21. The Labute approximate surface area is 175 Å². The van der Waals surface area contributed by atoms with Crippen LogP contribution in [0.2, 0.25) is 10.0 Å². The van der Waals surface area contributed by atoms with Gasteiger partial charge in [0, 0.05) is 16.6 Å². The lowest BCUT2D eigenvalue weighted by atomic mass is 9.87. The Bertz CT molecular complexity index is 1080. The van der Waals surface area contributed by atoms with Crippen molar-refractivity contribution >= 4 is 39.2 Å². The number of carboxylic acids is 1. The summed E-state index contributed by atoms with van der Waals surface area (Å²) >= 11 is 11.8. The molecule has 3 rings (SSSR count). The maximum absolute atomic E-state index is 14.2. The van der Waals surface area contributed by atoms with Gasteiger partial charge in [-0.05, 0) is 49.1 Å². The maximum atomic E-state index is 14.2. The lowest BCUT2D eigenvalue weighted by Crippen LogP contribution is -2.32. The van der Waals surface area contributed by atoms with Crippen molar-refractivity contribution in [3.05, 3.63) is 57.1 Å². The Morgan fingerprint density at radius 1 is 1.28 bits per heavy atom. The van der Waals surface area contributed by atoms with Gasteiger partial charge in [0.05, 0.1) is 5.02 Å². The van der Waals surface area contributed by atoms with Gasteiger partial charge in [-0.3, -0.25) is 0 Å². The minimum atomic E-state index is -4.13. The van der Waals surface area contributed by atoms with Crippen LogP contribution in [0.4, 0.5) is 8.78 Å². The van der Waals surface area contributed by atoms with Crippen LogP contribution >= 0.6 is 23.2 Å². The van der Waals surface area contributed by atoms with E-state index in [0.29, 0.717) is 12.8 Å². The van der Waals surface area contributed by atoms with Gasteiger partial charge in [-0.25, -0.2) is 22.3 Å². The first-order chi connectivity index (χ1) is 13.6. The van der Waals surface area contributed by atoms with Gasteiger partial charge in [0.1, 0.15) is 4.90 Å². The minimum Gasteiger partial charge on any atom is -0.479 e. The lowest BCUT2D eigenvalue weighted by molar-refractivity contribution is -0.139. The number of hydrogen-bond donors (Lipinski definition) is 2. The van der Waals surface area contributed by atoms with Crippen LogP contribution in [0.5, 0.6) is 5.75 Å². The van der Waals surface area contributed by atoms with Crippen LogP contribution in [0.25, 0.3) is 0 Å². The lowest BCUT2D eigenvalue weighted by Gasteiger charge is -2.28. The molecule has 156 valence electrons. The summed E-state index contributed by atoms with van der Waals surface area (Å²) in [5.74, 6) is -4.46. The van der Waals surface area contributed by atoms with Crippen molar-refractivity contribution in [1.29, 1.82) is 0 Å². The second-order valence-corrected chi connectivity index (χ2v) is 8.92. The van der Waals surface area contributed by atoms with Gasteiger partial charge in [-0.15, -0.1) is 0 Å². The first kappa shape index (κ1) is 21.8. The van der Waals surface area contributed by atoms with Gasteiger partial charge in [-0.2, -0.15) is 4.39 Å². The summed E-state index contributed by atoms with van der Waals surface area (Å²) in [4.78, 5) is 10.5. The average molecular weight is 466 g/mol. The van der Waals surface area contributed by atoms with Crippen molar-refractivity contribution in [2.45, 2.75) is 30.2 Å². The first-order valence-corrected chi connectivity index (χ1v) is 10.7. The van der Waals surface area contributed by atoms with Crippen molar-refractivity contribution in [3.8, 4) is 5.75 Å². The quantitative estimate of drug-likeness (QED) is 0.669. The third kappa shape index (κ3) is 4.63. The van der Waals surface area contributed by atoms with E-state index in [4.69, 9.17) is 33.0 Å². The Balaban J connectivity index is 2.00. The second-order valence-electron chi connectivity index (χ2n) is 6.39. The zero-order valence-corrected chi connectivity index (χ0v) is 17.0. The van der Waals surface area contributed by atoms with E-state index in [1.807, 2.05) is 0 Å². The highest BCUT2D eigenvalue weighted by molar-refractivity contribution is 7.89. The summed E-state index contributed by atoms with van der Waals surface area (Å²) in [6.45, 7) is -0.860. The zero-order valence-electron chi connectivity index (χ0n) is 14.7. The summed E-state index contributed by atoms with van der Waals surface area (Å²) < 4.78 is 61.3. The Morgan fingerprint density at radius 3 is 2.69 bits per heavy atom. The highest BCUT2D eigenvalue weighted by Crippen LogP contribution is 2.39. The number of carbonyl (C=O) groups is 1. The van der Waals surface area contributed by atoms with Gasteiger partial charge in [0.15, 0.2) is 18.2 Å². The van der Waals surface area contributed by atoms with Crippen LogP contribution in [-0.2, 0) is 21.2 Å². The molecule has 0 amide bonds. The Hall–Kier alpha value is -1.94. The summed E-state index contributed by atoms with van der Waals surface area (Å²) in [5, 5.41) is 8.88. The molecule has 1 aliphatic rings. The van der Waals surface area contributed by atoms with Gasteiger partial charge < -0.3 is 9.84 Å². The number of hydrogen-bond acceptors (Lipinski definition) is 4. The molecule has 6 nitrogen and oxygen atoms in total. The van der Waals surface area contributed by atoms with Crippen LogP contribution in [0, 0.1) is 11.6 Å². The van der Waals surface area contributed by atoms with Crippen molar-refractivity contribution in [2.75, 3.05) is 6.61 Å². The fraction of sp³-hybridized carbons (Fsp3) is 0.278. The predicted molar refractivity (Wildman–Crippen MR) is 102 cm³/mol. The number of benzene rings is 2. The molecule has 0 spiro atoms. The molecule has 2 N–H and O–H groups in total. The van der Waals surface area contributed by atoms with Crippen molar-refractivity contribution in [2.24, 2.45) is 0 Å². The predicted octanol–water partition coefficient (Wildman–Crippen LogP) is 4.09. The molecule has 0 aromatic heterocycles. The number of ether oxygens (including phenoxy) is 1. The van der Waals surface area contributed by atoms with Gasteiger partial charge in [0.25, 0.3) is 0 Å². The number of rotatable bonds is 6. The normalized spacial score (nSPS) is 16.3. The highest BCUT2D eigenvalue weighted by Gasteiger charge is 2.31. The zero-order chi connectivity index (χ0) is 21.3. The van der Waals surface area contributed by atoms with E-state index in [9.17, 15) is 22.0 Å². The minimum absolute atomic E-state index is 0.0475. The molecule has 0 bridgehead atoms. The van der Waals surface area contributed by atoms with Crippen molar-refractivity contribution in [1.82, 2.24) is 4.72 Å². The van der Waals surface area contributed by atoms with Crippen molar-refractivity contribution < 1.29 is 31.8 Å². The number of fused-ring (bicyclic) bond motifs is 1. The Kier molecular flexibility index (Phi) is 6.33. The molecule has 11 heteroatoms. The molecule has 1 atom stereocenters. The number of nitrogens with one attached hydrogen (secondary N) is 1. The fourth-order valence-corrected chi connectivity index (χ4v) is 5.22. The largest absolute Gasteiger partial charge is 0.479 e. The van der Waals surface area contributed by atoms with Crippen LogP contribution in [-0.4, -0.2) is 26.1 Å². The van der Waals surface area contributed by atoms with E-state index >= 15 is 0 Å². The molecule has 1 aliphatic carbocycles. The standard InChI is InChI=1S/C18H15Cl2F2NO5S/c19-9-4-5-12(20)15(6-9)29(26,27)23-14-3-1-2-10-11(14)7-13(21)17(22)18(10)28-8-16(24)25/h4-7,14,23H,1-3,8H2,(H,24,25). The summed E-state index contributed by atoms with van der Waals surface area (Å²) in [6.07, 6.45) is 1.03. The molecule has 0 saturated heterocycles. The van der Waals surface area contributed by atoms with Crippen molar-refractivity contribution in [3.63, 3.8) is 0 Å². The summed E-state index contributed by atoms with van der Waals surface area (Å²) in [6, 6.07) is 3.96. The molecule has 2 aromatic rings. The van der Waals surface area contributed by atoms with E-state index in [0.717, 1.165) is 6.07 Å². The van der Waals surface area contributed by atoms with Gasteiger partial charge >= 0.3 is 5.97 Å². The van der Waals surface area contributed by atoms with Gasteiger partial charge in [-0.1, -0.05) is 23.2 Å². The average Bonchev–Trinajstić information content (AvgIpc) is 2.64. The Morgan fingerprint density at radius 2 is 2.00 bits per heavy atom. The molecular formula is C18H15Cl2F2NO5S. The van der Waals surface area contributed by atoms with Gasteiger partial charge in [0.2, 0.25) is 15.8 Å². The molecule has 0 heterocycles. The number of sulfonamides is 1. The van der Waals surface area contributed by atoms with Crippen LogP contribution < -0.4 is 9.46 Å². The smallest absolute Gasteiger partial charge is 0.341 e. The molecular weight excluding hydrogens is 451 g/mol. The van der Waals surface area contributed by atoms with Crippen LogP contribution in [0.3, 0.4) is 0 Å². The topological polar surface area (TPSA) is 92.7 Å². The maximum Gasteiger partial charge on any atom is 0.341 e. The van der Waals surface area contributed by atoms with E-state index in [1.54, 1.807) is 0 Å². The van der Waals surface area contributed by atoms with E-state index in [-0.39, 0.29) is 32.5 Å². The molecule has 0 saturated carbocycles. The monoisotopic (exact) mass is 465 g/mol. The third-order valence-corrected chi connectivity index (χ3v) is 6.62. The molecule has 2 aromatic carbocycles. The number of halogens is 4. The van der Waals surface area contributed by atoms with Crippen LogP contribution in [0.15, 0.2) is 29.2 Å². The second kappa shape index (κ2) is 8.43. The third-order valence-electron chi connectivity index (χ3n) is 4.43. The molecule has 29 heavy (non-hydrogen) atoms. The van der Waals surface area contributed by atoms with Crippen LogP contribution in [0.1, 0.15) is 30.0 Å². The SMILES string of the molecule is O=C(O)COc1c(F)c(F)cc2c1CCCC2NS(=O)(=O)c1cc(Cl)ccc1Cl. The molecule has 0 radical (unpaired) electrons. The highest BCUT2D eigenvalue weighted by atomic mass is 35.5. The molecule has 0 aliphatic heterocycles. The number of aliphatic carboxylic acids is 1.